The summed E-state index contributed by atoms with van der Waals surface area (Å²) in [7, 11) is 0. The highest BCUT2D eigenvalue weighted by Crippen LogP contribution is 2.60. The molecule has 2 aromatic rings. The molecular weight excluding hydrogens is 532 g/mol. The zero-order chi connectivity index (χ0) is 26.2. The van der Waals surface area contributed by atoms with Gasteiger partial charge >= 0.3 is 6.09 Å². The highest BCUT2D eigenvalue weighted by Gasteiger charge is 2.55. The molecule has 3 N–H and O–H groups in total. The Morgan fingerprint density at radius 2 is 1.97 bits per heavy atom. The van der Waals surface area contributed by atoms with E-state index >= 15 is 0 Å². The van der Waals surface area contributed by atoms with E-state index in [0.29, 0.717) is 41.6 Å². The van der Waals surface area contributed by atoms with Gasteiger partial charge in [0, 0.05) is 23.6 Å². The van der Waals surface area contributed by atoms with Crippen LogP contribution in [0.25, 0.3) is 0 Å². The van der Waals surface area contributed by atoms with Crippen molar-refractivity contribution < 1.29 is 9.53 Å². The Morgan fingerprint density at radius 1 is 1.22 bits per heavy atom. The number of aromatic nitrogens is 2. The van der Waals surface area contributed by atoms with Gasteiger partial charge in [0.05, 0.1) is 6.20 Å². The molecule has 196 valence electrons. The minimum absolute atomic E-state index is 0.157. The third-order valence-corrected chi connectivity index (χ3v) is 8.46. The normalized spacial score (nSPS) is 27.9. The van der Waals surface area contributed by atoms with Crippen molar-refractivity contribution in [1.82, 2.24) is 15.3 Å². The molecule has 0 spiro atoms. The van der Waals surface area contributed by atoms with E-state index in [-0.39, 0.29) is 17.6 Å². The molecule has 0 aliphatic heterocycles. The van der Waals surface area contributed by atoms with E-state index < -0.39 is 5.60 Å². The van der Waals surface area contributed by atoms with Crippen molar-refractivity contribution in [3.63, 3.8) is 0 Å². The number of rotatable bonds is 7. The lowest BCUT2D eigenvalue weighted by atomic mass is 9.48. The number of carbonyl (C=O) groups is 1. The number of benzene rings is 1. The highest BCUT2D eigenvalue weighted by molar-refractivity contribution is 9.10. The summed E-state index contributed by atoms with van der Waals surface area (Å²) in [5.41, 5.74) is 1.22. The van der Waals surface area contributed by atoms with Crippen molar-refractivity contribution in [1.29, 1.82) is 5.26 Å². The monoisotopic (exact) mass is 566 g/mol. The van der Waals surface area contributed by atoms with E-state index in [0.717, 1.165) is 29.4 Å². The first-order valence-corrected chi connectivity index (χ1v) is 13.9. The van der Waals surface area contributed by atoms with E-state index in [9.17, 15) is 10.1 Å². The zero-order valence-electron chi connectivity index (χ0n) is 21.7. The summed E-state index contributed by atoms with van der Waals surface area (Å²) in [6.45, 7) is 7.05. The van der Waals surface area contributed by atoms with Crippen molar-refractivity contribution in [3.05, 3.63) is 46.1 Å². The van der Waals surface area contributed by atoms with Crippen molar-refractivity contribution in [2.45, 2.75) is 71.1 Å². The highest BCUT2D eigenvalue weighted by atomic mass is 79.9. The number of nitriles is 1. The number of halogens is 1. The molecule has 1 unspecified atom stereocenters. The van der Waals surface area contributed by atoms with Crippen LogP contribution < -0.4 is 16.0 Å². The van der Waals surface area contributed by atoms with Crippen LogP contribution in [0.3, 0.4) is 0 Å². The first-order valence-electron chi connectivity index (χ1n) is 13.1. The van der Waals surface area contributed by atoms with Crippen molar-refractivity contribution in [2.75, 3.05) is 17.2 Å². The Morgan fingerprint density at radius 3 is 2.65 bits per heavy atom. The summed E-state index contributed by atoms with van der Waals surface area (Å²) in [5.74, 6) is 2.69. The lowest BCUT2D eigenvalue weighted by Crippen LogP contribution is -2.60. The largest absolute Gasteiger partial charge is 0.444 e. The van der Waals surface area contributed by atoms with Crippen LogP contribution in [0.15, 0.2) is 34.9 Å². The number of ether oxygens (including phenoxy) is 1. The quantitative estimate of drug-likeness (QED) is 0.385. The van der Waals surface area contributed by atoms with Gasteiger partial charge in [-0.3, -0.25) is 0 Å². The van der Waals surface area contributed by atoms with Crippen molar-refractivity contribution in [3.8, 4) is 6.07 Å². The number of alkyl carbamates (subject to hydrolysis) is 1. The van der Waals surface area contributed by atoms with Crippen LogP contribution >= 0.6 is 15.9 Å². The van der Waals surface area contributed by atoms with Crippen LogP contribution in [0.4, 0.5) is 16.6 Å². The second-order valence-corrected chi connectivity index (χ2v) is 13.0. The number of carbonyl (C=O) groups excluding carboxylic acids is 1. The fraction of sp³-hybridized carbons (Fsp3) is 0.571. The molecule has 4 bridgehead atoms. The van der Waals surface area contributed by atoms with Gasteiger partial charge in [-0.15, -0.1) is 0 Å². The lowest BCUT2D eigenvalue weighted by molar-refractivity contribution is -0.0703. The predicted octanol–water partition coefficient (Wildman–Crippen LogP) is 5.85. The van der Waals surface area contributed by atoms with Gasteiger partial charge in [-0.1, -0.05) is 28.1 Å². The lowest BCUT2D eigenvalue weighted by Gasteiger charge is -2.60. The minimum Gasteiger partial charge on any atom is -0.444 e. The average molecular weight is 568 g/mol. The summed E-state index contributed by atoms with van der Waals surface area (Å²) in [6, 6.07) is 10.5. The number of hydrogen-bond acceptors (Lipinski definition) is 7. The van der Waals surface area contributed by atoms with Crippen LogP contribution in [-0.2, 0) is 11.3 Å². The Labute approximate surface area is 227 Å². The molecule has 6 rings (SSSR count). The standard InChI is InChI=1S/C28H35BrN6O2/c1-27(2,3)37-26(36)34-23-19-7-18-8-20(23)12-28(10-18,11-19)16-33-24-21(13-30)15-32-25(35-24)31-14-17-5-4-6-22(29)9-17/h4-6,9,15,18-20,23H,7-8,10-12,14,16H2,1-3H3,(H,34,36)(H2,31,32,33,35)/t18?,19-,20+,23+,28-. The molecule has 5 atom stereocenters. The smallest absolute Gasteiger partial charge is 0.407 e. The maximum Gasteiger partial charge on any atom is 0.407 e. The van der Waals surface area contributed by atoms with Gasteiger partial charge in [0.1, 0.15) is 23.1 Å². The van der Waals surface area contributed by atoms with E-state index in [2.05, 4.69) is 47.9 Å². The zero-order valence-corrected chi connectivity index (χ0v) is 23.3. The average Bonchev–Trinajstić information content (AvgIpc) is 2.82. The third kappa shape index (κ3) is 6.01. The predicted molar refractivity (Wildman–Crippen MR) is 146 cm³/mol. The molecule has 4 aliphatic rings. The molecule has 37 heavy (non-hydrogen) atoms. The molecule has 1 amide bonds. The van der Waals surface area contributed by atoms with Crippen LogP contribution in [0.5, 0.6) is 0 Å². The summed E-state index contributed by atoms with van der Waals surface area (Å²) >= 11 is 3.50. The molecule has 0 saturated heterocycles. The Bertz CT molecular complexity index is 1190. The molecule has 4 aliphatic carbocycles. The summed E-state index contributed by atoms with van der Waals surface area (Å²) in [4.78, 5) is 21.5. The molecule has 1 aromatic carbocycles. The number of nitrogens with one attached hydrogen (secondary N) is 3. The number of nitrogens with zero attached hydrogens (tertiary/aromatic N) is 3. The van der Waals surface area contributed by atoms with Crippen LogP contribution in [-0.4, -0.2) is 34.2 Å². The first-order chi connectivity index (χ1) is 17.6. The van der Waals surface area contributed by atoms with Gasteiger partial charge in [0.15, 0.2) is 0 Å². The van der Waals surface area contributed by atoms with Gasteiger partial charge in [0.25, 0.3) is 0 Å². The number of amides is 1. The molecule has 4 saturated carbocycles. The summed E-state index contributed by atoms with van der Waals surface area (Å²) < 4.78 is 6.57. The van der Waals surface area contributed by atoms with E-state index in [1.807, 2.05) is 45.0 Å². The van der Waals surface area contributed by atoms with Crippen molar-refractivity contribution >= 4 is 33.8 Å². The topological polar surface area (TPSA) is 112 Å². The number of anilines is 2. The third-order valence-electron chi connectivity index (χ3n) is 7.96. The van der Waals surface area contributed by atoms with Crippen LogP contribution in [0.1, 0.15) is 64.0 Å². The van der Waals surface area contributed by atoms with Crippen molar-refractivity contribution in [2.24, 2.45) is 23.2 Å². The second kappa shape index (κ2) is 10.1. The van der Waals surface area contributed by atoms with Gasteiger partial charge in [-0.25, -0.2) is 9.78 Å². The molecule has 4 fully saturated rings. The van der Waals surface area contributed by atoms with Gasteiger partial charge in [0.2, 0.25) is 5.95 Å². The molecule has 0 radical (unpaired) electrons. The van der Waals surface area contributed by atoms with Crippen LogP contribution in [0, 0.1) is 34.5 Å². The molecule has 8 nitrogen and oxygen atoms in total. The van der Waals surface area contributed by atoms with E-state index in [4.69, 9.17) is 4.74 Å². The summed E-state index contributed by atoms with van der Waals surface area (Å²) in [5, 5.41) is 19.7. The Balaban J connectivity index is 1.24. The molecular formula is C28H35BrN6O2. The second-order valence-electron chi connectivity index (χ2n) is 12.0. The maximum absolute atomic E-state index is 12.5. The molecule has 9 heteroatoms. The maximum atomic E-state index is 12.5. The Kier molecular flexibility index (Phi) is 7.06. The SMILES string of the molecule is CC(C)(C)OC(=O)N[C@H]1[C@@H]2CC3C[C@H]1C[C@@](CNc1nc(NCc4cccc(Br)c4)ncc1C#N)(C3)C2. The Hall–Kier alpha value is -2.86. The van der Waals surface area contributed by atoms with Crippen LogP contribution in [0.2, 0.25) is 0 Å². The number of hydrogen-bond donors (Lipinski definition) is 3. The minimum atomic E-state index is -0.497. The van der Waals surface area contributed by atoms with Gasteiger partial charge in [-0.2, -0.15) is 10.2 Å². The summed E-state index contributed by atoms with van der Waals surface area (Å²) in [6.07, 6.45) is 6.92. The van der Waals surface area contributed by atoms with Gasteiger partial charge < -0.3 is 20.7 Å². The fourth-order valence-corrected chi connectivity index (χ4v) is 7.32. The van der Waals surface area contributed by atoms with E-state index in [1.54, 1.807) is 6.20 Å². The molecule has 1 aromatic heterocycles. The first kappa shape index (κ1) is 25.8. The van der Waals surface area contributed by atoms with E-state index in [1.165, 1.54) is 19.3 Å². The van der Waals surface area contributed by atoms with Gasteiger partial charge in [-0.05, 0) is 93.7 Å². The fourth-order valence-electron chi connectivity index (χ4n) is 6.87. The molecule has 1 heterocycles.